The van der Waals surface area contributed by atoms with Gasteiger partial charge in [-0.15, -0.1) is 11.3 Å². The Kier molecular flexibility index (Phi) is 5.61. The number of likely N-dealkylation sites (N-methyl/N-ethyl adjacent to an activating group) is 1. The van der Waals surface area contributed by atoms with Gasteiger partial charge in [-0.2, -0.15) is 0 Å². The Balaban J connectivity index is 1.72. The Bertz CT molecular complexity index is 1430. The summed E-state index contributed by atoms with van der Waals surface area (Å²) in [6.45, 7) is 1.11. The molecule has 2 aromatic carbocycles. The number of benzene rings is 2. The number of hydrogen-bond acceptors (Lipinski definition) is 6. The molecule has 0 fully saturated rings. The monoisotopic (exact) mass is 467 g/mol. The van der Waals surface area contributed by atoms with Gasteiger partial charge in [0, 0.05) is 24.2 Å². The highest BCUT2D eigenvalue weighted by atomic mass is 32.1. The predicted molar refractivity (Wildman–Crippen MR) is 124 cm³/mol. The van der Waals surface area contributed by atoms with Crippen molar-refractivity contribution < 1.29 is 18.7 Å². The summed E-state index contributed by atoms with van der Waals surface area (Å²) in [6.07, 6.45) is 1.34. The Hall–Kier alpha value is -3.27. The third kappa shape index (κ3) is 3.99. The number of anilines is 1. The lowest BCUT2D eigenvalue weighted by molar-refractivity contribution is -0.110. The summed E-state index contributed by atoms with van der Waals surface area (Å²) in [4.78, 5) is 28.3. The highest BCUT2D eigenvalue weighted by Crippen LogP contribution is 2.33. The summed E-state index contributed by atoms with van der Waals surface area (Å²) < 4.78 is 27.7. The third-order valence-electron chi connectivity index (χ3n) is 5.61. The van der Waals surface area contributed by atoms with Crippen LogP contribution in [0.1, 0.15) is 17.2 Å². The van der Waals surface area contributed by atoms with Crippen molar-refractivity contribution in [1.82, 2.24) is 9.47 Å². The molecule has 0 saturated heterocycles. The fourth-order valence-corrected chi connectivity index (χ4v) is 5.15. The quantitative estimate of drug-likeness (QED) is 0.632. The molecule has 5 rings (SSSR count). The smallest absolute Gasteiger partial charge is 0.268 e. The number of thiazole rings is 1. The van der Waals surface area contributed by atoms with E-state index in [2.05, 4.69) is 5.32 Å². The van der Waals surface area contributed by atoms with Gasteiger partial charge in [0.25, 0.3) is 11.5 Å². The standard InChI is InChI=1S/C24H22FN3O4S/c1-27(2)9-10-28-23(30)20(12-19-16-5-3-4-6-18(16)31-13-32-19)33-24(28)21-15-8-7-14(25)11-17(15)26-22(21)29/h3-8,11-12,19H,9-10,13H2,1-2H3,(H,26,29)/b20-12+,24-21+. The van der Waals surface area contributed by atoms with Gasteiger partial charge >= 0.3 is 0 Å². The molecule has 2 aliphatic heterocycles. The van der Waals surface area contributed by atoms with Gasteiger partial charge in [0.1, 0.15) is 22.3 Å². The second-order valence-electron chi connectivity index (χ2n) is 8.10. The van der Waals surface area contributed by atoms with Gasteiger partial charge in [0.15, 0.2) is 6.79 Å². The van der Waals surface area contributed by atoms with Gasteiger partial charge in [-0.25, -0.2) is 4.39 Å². The minimum absolute atomic E-state index is 0.0873. The number of nitrogens with one attached hydrogen (secondary N) is 1. The summed E-state index contributed by atoms with van der Waals surface area (Å²) in [5.74, 6) is -0.0688. The van der Waals surface area contributed by atoms with Crippen molar-refractivity contribution in [3.63, 3.8) is 0 Å². The van der Waals surface area contributed by atoms with Crippen molar-refractivity contribution >= 4 is 34.6 Å². The predicted octanol–water partition coefficient (Wildman–Crippen LogP) is 1.65. The number of halogens is 1. The molecule has 1 aromatic heterocycles. The largest absolute Gasteiger partial charge is 0.467 e. The van der Waals surface area contributed by atoms with Crippen molar-refractivity contribution in [3.05, 3.63) is 79.0 Å². The van der Waals surface area contributed by atoms with E-state index in [1.54, 1.807) is 16.7 Å². The van der Waals surface area contributed by atoms with Crippen LogP contribution in [0.5, 0.6) is 5.75 Å². The van der Waals surface area contributed by atoms with Gasteiger partial charge in [-0.3, -0.25) is 14.2 Å². The van der Waals surface area contributed by atoms with Crippen molar-refractivity contribution in [2.45, 2.75) is 12.6 Å². The van der Waals surface area contributed by atoms with E-state index in [1.165, 1.54) is 23.5 Å². The average Bonchev–Trinajstić information content (AvgIpc) is 3.27. The Morgan fingerprint density at radius 3 is 2.88 bits per heavy atom. The zero-order valence-corrected chi connectivity index (χ0v) is 18.9. The number of hydrogen-bond donors (Lipinski definition) is 1. The molecule has 1 N–H and O–H groups in total. The van der Waals surface area contributed by atoms with Crippen molar-refractivity contribution in [3.8, 4) is 5.75 Å². The zero-order valence-electron chi connectivity index (χ0n) is 18.1. The number of para-hydroxylation sites is 1. The van der Waals surface area contributed by atoms with Crippen LogP contribution >= 0.6 is 11.3 Å². The van der Waals surface area contributed by atoms with Crippen LogP contribution < -0.4 is 24.8 Å². The summed E-state index contributed by atoms with van der Waals surface area (Å²) in [7, 11) is 3.84. The van der Waals surface area contributed by atoms with E-state index in [1.807, 2.05) is 43.3 Å². The first-order valence-electron chi connectivity index (χ1n) is 10.5. The lowest BCUT2D eigenvalue weighted by atomic mass is 10.1. The fourth-order valence-electron chi connectivity index (χ4n) is 3.96. The lowest BCUT2D eigenvalue weighted by Crippen LogP contribution is -2.36. The topological polar surface area (TPSA) is 72.8 Å². The maximum absolute atomic E-state index is 13.7. The number of aromatic nitrogens is 1. The third-order valence-corrected chi connectivity index (χ3v) is 6.76. The van der Waals surface area contributed by atoms with Crippen LogP contribution in [-0.2, 0) is 16.1 Å². The summed E-state index contributed by atoms with van der Waals surface area (Å²) >= 11 is 1.24. The van der Waals surface area contributed by atoms with Crippen LogP contribution in [0.3, 0.4) is 0 Å². The highest BCUT2D eigenvalue weighted by molar-refractivity contribution is 7.07. The zero-order chi connectivity index (χ0) is 23.1. The van der Waals surface area contributed by atoms with E-state index in [0.717, 1.165) is 11.3 Å². The van der Waals surface area contributed by atoms with Gasteiger partial charge in [-0.05, 0) is 44.4 Å². The maximum atomic E-state index is 13.7. The molecule has 3 aromatic rings. The number of rotatable bonds is 4. The second kappa shape index (κ2) is 8.58. The molecule has 0 radical (unpaired) electrons. The first kappa shape index (κ1) is 21.6. The van der Waals surface area contributed by atoms with Crippen LogP contribution in [0.25, 0.3) is 11.6 Å². The van der Waals surface area contributed by atoms with Crippen molar-refractivity contribution in [2.24, 2.45) is 0 Å². The molecule has 0 spiro atoms. The molecule has 0 aliphatic carbocycles. The van der Waals surface area contributed by atoms with Crippen LogP contribution in [-0.4, -0.2) is 42.8 Å². The molecule has 1 unspecified atom stereocenters. The molecule has 1 atom stereocenters. The highest BCUT2D eigenvalue weighted by Gasteiger charge is 2.28. The number of carbonyl (C=O) groups is 1. The fraction of sp³-hybridized carbons (Fsp3) is 0.250. The van der Waals surface area contributed by atoms with E-state index in [-0.39, 0.29) is 18.3 Å². The lowest BCUT2D eigenvalue weighted by Gasteiger charge is -2.23. The van der Waals surface area contributed by atoms with E-state index < -0.39 is 11.9 Å². The normalized spacial score (nSPS) is 19.3. The van der Waals surface area contributed by atoms with Crippen LogP contribution in [0.15, 0.2) is 47.3 Å². The first-order chi connectivity index (χ1) is 15.9. The maximum Gasteiger partial charge on any atom is 0.268 e. The van der Waals surface area contributed by atoms with Gasteiger partial charge < -0.3 is 19.7 Å². The van der Waals surface area contributed by atoms with Crippen LogP contribution in [0.4, 0.5) is 10.1 Å². The van der Waals surface area contributed by atoms with Gasteiger partial charge in [0.05, 0.1) is 15.8 Å². The number of carbonyl (C=O) groups excluding carboxylic acids is 1. The van der Waals surface area contributed by atoms with Crippen molar-refractivity contribution in [1.29, 1.82) is 0 Å². The first-order valence-corrected chi connectivity index (χ1v) is 11.3. The van der Waals surface area contributed by atoms with E-state index in [4.69, 9.17) is 9.47 Å². The molecule has 33 heavy (non-hydrogen) atoms. The summed E-state index contributed by atoms with van der Waals surface area (Å²) in [5, 5.41) is 2.72. The average molecular weight is 468 g/mol. The van der Waals surface area contributed by atoms with Crippen LogP contribution in [0.2, 0.25) is 0 Å². The molecular formula is C24H22FN3O4S. The van der Waals surface area contributed by atoms with Crippen molar-refractivity contribution in [2.75, 3.05) is 32.7 Å². The van der Waals surface area contributed by atoms with Crippen LogP contribution in [0, 0.1) is 5.82 Å². The van der Waals surface area contributed by atoms with E-state index >= 15 is 0 Å². The Morgan fingerprint density at radius 2 is 2.06 bits per heavy atom. The molecule has 1 amide bonds. The Morgan fingerprint density at radius 1 is 1.24 bits per heavy atom. The molecule has 0 bridgehead atoms. The molecule has 9 heteroatoms. The molecule has 170 valence electrons. The number of ether oxygens (including phenoxy) is 2. The van der Waals surface area contributed by atoms with Gasteiger partial charge in [0.2, 0.25) is 0 Å². The molecular weight excluding hydrogens is 445 g/mol. The van der Waals surface area contributed by atoms with E-state index in [9.17, 15) is 14.0 Å². The molecule has 7 nitrogen and oxygen atoms in total. The second-order valence-corrected chi connectivity index (χ2v) is 9.14. The number of nitrogens with zero attached hydrogens (tertiary/aromatic N) is 2. The molecule has 0 saturated carbocycles. The number of amides is 1. The Labute approximate surface area is 193 Å². The minimum atomic E-state index is -0.444. The summed E-state index contributed by atoms with van der Waals surface area (Å²) in [5.41, 5.74) is 2.01. The van der Waals surface area contributed by atoms with E-state index in [0.29, 0.717) is 39.1 Å². The number of fused-ring (bicyclic) bond motifs is 2. The molecule has 2 aliphatic rings. The minimum Gasteiger partial charge on any atom is -0.467 e. The SMILES string of the molecule is CN(C)CCn1c(=O)/c(=C\C2OCOc3ccccc32)s/c1=C1/C(=O)Nc2cc(F)ccc21. The summed E-state index contributed by atoms with van der Waals surface area (Å²) in [6, 6.07) is 11.7. The molecule has 3 heterocycles. The van der Waals surface area contributed by atoms with Gasteiger partial charge in [-0.1, -0.05) is 18.2 Å².